The van der Waals surface area contributed by atoms with Gasteiger partial charge in [-0.15, -0.1) is 0 Å². The summed E-state index contributed by atoms with van der Waals surface area (Å²) in [5, 5.41) is 4.16. The van der Waals surface area contributed by atoms with E-state index in [2.05, 4.69) is 28.9 Å². The fourth-order valence-electron chi connectivity index (χ4n) is 3.85. The molecule has 6 nitrogen and oxygen atoms in total. The summed E-state index contributed by atoms with van der Waals surface area (Å²) >= 11 is 0. The highest BCUT2D eigenvalue weighted by Crippen LogP contribution is 2.24. The lowest BCUT2D eigenvalue weighted by Crippen LogP contribution is -2.49. The van der Waals surface area contributed by atoms with Crippen LogP contribution in [0.4, 0.5) is 0 Å². The summed E-state index contributed by atoms with van der Waals surface area (Å²) in [5.74, 6) is 1.34. The van der Waals surface area contributed by atoms with Crippen molar-refractivity contribution >= 4 is 5.91 Å². The first kappa shape index (κ1) is 20.3. The standard InChI is InChI=1S/C24H28N4O2/c1-16-8-10-20(11-9-16)22-25-23(30-26-22)19(4)27-12-14-28(15-13-27)24(29)21-7-5-6-17(2)18(21)3/h5-11,19H,12-15H2,1-4H3. The zero-order chi connectivity index (χ0) is 21.3. The maximum atomic E-state index is 13.0. The molecular formula is C24H28N4O2. The average Bonchev–Trinajstić information content (AvgIpc) is 3.25. The maximum Gasteiger partial charge on any atom is 0.254 e. The number of nitrogens with zero attached hydrogens (tertiary/aromatic N) is 4. The number of rotatable bonds is 4. The zero-order valence-electron chi connectivity index (χ0n) is 18.1. The number of hydrogen-bond donors (Lipinski definition) is 0. The van der Waals surface area contributed by atoms with Crippen LogP contribution in [0.1, 0.15) is 45.9 Å². The van der Waals surface area contributed by atoms with Crippen molar-refractivity contribution in [2.75, 3.05) is 26.2 Å². The van der Waals surface area contributed by atoms with Gasteiger partial charge in [-0.2, -0.15) is 4.98 Å². The fourth-order valence-corrected chi connectivity index (χ4v) is 3.85. The van der Waals surface area contributed by atoms with Gasteiger partial charge in [-0.25, -0.2) is 0 Å². The second-order valence-corrected chi connectivity index (χ2v) is 8.07. The Balaban J connectivity index is 1.40. The van der Waals surface area contributed by atoms with E-state index in [9.17, 15) is 4.79 Å². The maximum absolute atomic E-state index is 13.0. The Hall–Kier alpha value is -2.99. The van der Waals surface area contributed by atoms with Crippen molar-refractivity contribution in [1.29, 1.82) is 0 Å². The van der Waals surface area contributed by atoms with Gasteiger partial charge in [0.05, 0.1) is 6.04 Å². The molecule has 1 saturated heterocycles. The number of aromatic nitrogens is 2. The first-order valence-electron chi connectivity index (χ1n) is 10.4. The van der Waals surface area contributed by atoms with Crippen molar-refractivity contribution in [3.63, 3.8) is 0 Å². The minimum atomic E-state index is 0.00894. The van der Waals surface area contributed by atoms with E-state index in [-0.39, 0.29) is 11.9 Å². The lowest BCUT2D eigenvalue weighted by Gasteiger charge is -2.37. The minimum Gasteiger partial charge on any atom is -0.337 e. The van der Waals surface area contributed by atoms with Gasteiger partial charge in [0.25, 0.3) is 5.91 Å². The van der Waals surface area contributed by atoms with Gasteiger partial charge in [-0.1, -0.05) is 47.1 Å². The molecular weight excluding hydrogens is 376 g/mol. The molecule has 1 atom stereocenters. The predicted octanol–water partition coefficient (Wildman–Crippen LogP) is 4.18. The van der Waals surface area contributed by atoms with Gasteiger partial charge in [0.1, 0.15) is 0 Å². The first-order valence-corrected chi connectivity index (χ1v) is 10.4. The third-order valence-corrected chi connectivity index (χ3v) is 6.09. The molecule has 3 aromatic rings. The topological polar surface area (TPSA) is 62.5 Å². The van der Waals surface area contributed by atoms with Crippen LogP contribution < -0.4 is 0 Å². The first-order chi connectivity index (χ1) is 14.4. The number of aryl methyl sites for hydroxylation is 2. The van der Waals surface area contributed by atoms with Gasteiger partial charge in [0.2, 0.25) is 11.7 Å². The molecule has 1 unspecified atom stereocenters. The molecule has 0 radical (unpaired) electrons. The third kappa shape index (κ3) is 4.00. The van der Waals surface area contributed by atoms with Crippen LogP contribution in [-0.4, -0.2) is 52.0 Å². The third-order valence-electron chi connectivity index (χ3n) is 6.09. The van der Waals surface area contributed by atoms with Crippen molar-refractivity contribution in [2.45, 2.75) is 33.7 Å². The molecule has 1 aromatic heterocycles. The molecule has 2 aromatic carbocycles. The Morgan fingerprint density at radius 3 is 2.40 bits per heavy atom. The molecule has 6 heteroatoms. The van der Waals surface area contributed by atoms with Crippen molar-refractivity contribution in [2.24, 2.45) is 0 Å². The largest absolute Gasteiger partial charge is 0.337 e. The van der Waals surface area contributed by atoms with Crippen molar-refractivity contribution in [3.05, 3.63) is 70.6 Å². The molecule has 0 bridgehead atoms. The van der Waals surface area contributed by atoms with Gasteiger partial charge >= 0.3 is 0 Å². The fraction of sp³-hybridized carbons (Fsp3) is 0.375. The summed E-state index contributed by atoms with van der Waals surface area (Å²) in [7, 11) is 0. The summed E-state index contributed by atoms with van der Waals surface area (Å²) in [5.41, 5.74) is 5.16. The Morgan fingerprint density at radius 1 is 1.00 bits per heavy atom. The summed E-state index contributed by atoms with van der Waals surface area (Å²) < 4.78 is 5.55. The van der Waals surface area contributed by atoms with Crippen LogP contribution in [0.15, 0.2) is 47.0 Å². The molecule has 2 heterocycles. The highest BCUT2D eigenvalue weighted by molar-refractivity contribution is 5.96. The highest BCUT2D eigenvalue weighted by Gasteiger charge is 2.28. The summed E-state index contributed by atoms with van der Waals surface area (Å²) in [6.45, 7) is 11.1. The van der Waals surface area contributed by atoms with Gasteiger partial charge in [0.15, 0.2) is 0 Å². The lowest BCUT2D eigenvalue weighted by molar-refractivity contribution is 0.0551. The van der Waals surface area contributed by atoms with Gasteiger partial charge < -0.3 is 9.42 Å². The van der Waals surface area contributed by atoms with Crippen LogP contribution in [0.3, 0.4) is 0 Å². The number of benzene rings is 2. The SMILES string of the molecule is Cc1ccc(-c2noc(C(C)N3CCN(C(=O)c4cccc(C)c4C)CC3)n2)cc1. The Bertz CT molecular complexity index is 1030. The monoisotopic (exact) mass is 404 g/mol. The molecule has 0 aliphatic carbocycles. The zero-order valence-corrected chi connectivity index (χ0v) is 18.1. The van der Waals surface area contributed by atoms with Gasteiger partial charge in [-0.3, -0.25) is 9.69 Å². The van der Waals surface area contributed by atoms with E-state index in [1.54, 1.807) is 0 Å². The van der Waals surface area contributed by atoms with E-state index in [0.29, 0.717) is 24.8 Å². The molecule has 1 amide bonds. The minimum absolute atomic E-state index is 0.00894. The van der Waals surface area contributed by atoms with Crippen LogP contribution in [0, 0.1) is 20.8 Å². The van der Waals surface area contributed by atoms with Crippen LogP contribution in [-0.2, 0) is 0 Å². The number of hydrogen-bond acceptors (Lipinski definition) is 5. The predicted molar refractivity (Wildman–Crippen MR) is 116 cm³/mol. The molecule has 1 aliphatic heterocycles. The molecule has 30 heavy (non-hydrogen) atoms. The van der Waals surface area contributed by atoms with E-state index >= 15 is 0 Å². The van der Waals surface area contributed by atoms with Crippen LogP contribution in [0.25, 0.3) is 11.4 Å². The molecule has 1 aliphatic rings. The lowest BCUT2D eigenvalue weighted by atomic mass is 10.0. The molecule has 156 valence electrons. The number of carbonyl (C=O) groups is 1. The second kappa shape index (κ2) is 8.40. The van der Waals surface area contributed by atoms with Crippen LogP contribution in [0.2, 0.25) is 0 Å². The van der Waals surface area contributed by atoms with E-state index in [1.807, 2.05) is 61.2 Å². The van der Waals surface area contributed by atoms with E-state index < -0.39 is 0 Å². The smallest absolute Gasteiger partial charge is 0.254 e. The van der Waals surface area contributed by atoms with E-state index in [1.165, 1.54) is 5.56 Å². The summed E-state index contributed by atoms with van der Waals surface area (Å²) in [4.78, 5) is 21.8. The van der Waals surface area contributed by atoms with Crippen molar-refractivity contribution < 1.29 is 9.32 Å². The highest BCUT2D eigenvalue weighted by atomic mass is 16.5. The van der Waals surface area contributed by atoms with Gasteiger partial charge in [0, 0.05) is 37.3 Å². The summed E-state index contributed by atoms with van der Waals surface area (Å²) in [6.07, 6.45) is 0. The Morgan fingerprint density at radius 2 is 1.70 bits per heavy atom. The Kier molecular flexibility index (Phi) is 5.68. The molecule has 0 spiro atoms. The normalized spacial score (nSPS) is 15.9. The van der Waals surface area contributed by atoms with Gasteiger partial charge in [-0.05, 0) is 44.9 Å². The van der Waals surface area contributed by atoms with Crippen LogP contribution in [0.5, 0.6) is 0 Å². The average molecular weight is 405 g/mol. The Labute approximate surface area is 177 Å². The second-order valence-electron chi connectivity index (χ2n) is 8.07. The summed E-state index contributed by atoms with van der Waals surface area (Å²) in [6, 6.07) is 14.0. The van der Waals surface area contributed by atoms with E-state index in [0.717, 1.165) is 35.3 Å². The number of piperazine rings is 1. The molecule has 1 fully saturated rings. The number of carbonyl (C=O) groups excluding carboxylic acids is 1. The molecule has 4 rings (SSSR count). The number of amides is 1. The van der Waals surface area contributed by atoms with Crippen molar-refractivity contribution in [3.8, 4) is 11.4 Å². The molecule has 0 saturated carbocycles. The van der Waals surface area contributed by atoms with Crippen molar-refractivity contribution in [1.82, 2.24) is 19.9 Å². The molecule has 0 N–H and O–H groups in total. The quantitative estimate of drug-likeness (QED) is 0.653. The van der Waals surface area contributed by atoms with Crippen LogP contribution >= 0.6 is 0 Å². The van der Waals surface area contributed by atoms with E-state index in [4.69, 9.17) is 4.52 Å².